The molecule has 0 radical (unpaired) electrons. The molecule has 1 aromatic carbocycles. The van der Waals surface area contributed by atoms with E-state index < -0.39 is 0 Å². The van der Waals surface area contributed by atoms with Crippen molar-refractivity contribution in [3.8, 4) is 5.75 Å². The lowest BCUT2D eigenvalue weighted by molar-refractivity contribution is -0.0947. The molecule has 2 amide bonds. The summed E-state index contributed by atoms with van der Waals surface area (Å²) in [5.41, 5.74) is 0.879. The average molecular weight is 349 g/mol. The van der Waals surface area contributed by atoms with E-state index in [1.165, 1.54) is 0 Å². The number of ether oxygens (including phenoxy) is 2. The molecule has 1 aliphatic rings. The lowest BCUT2D eigenvalue weighted by Gasteiger charge is -2.45. The Kier molecular flexibility index (Phi) is 6.67. The summed E-state index contributed by atoms with van der Waals surface area (Å²) in [6.45, 7) is 11.3. The highest BCUT2D eigenvalue weighted by atomic mass is 16.5. The van der Waals surface area contributed by atoms with Crippen LogP contribution in [0.5, 0.6) is 5.75 Å². The molecule has 2 rings (SSSR count). The van der Waals surface area contributed by atoms with E-state index in [0.29, 0.717) is 13.1 Å². The fourth-order valence-corrected chi connectivity index (χ4v) is 3.11. The molecule has 0 spiro atoms. The van der Waals surface area contributed by atoms with Crippen LogP contribution in [0.2, 0.25) is 0 Å². The first kappa shape index (κ1) is 19.5. The summed E-state index contributed by atoms with van der Waals surface area (Å²) in [4.78, 5) is 14.5. The van der Waals surface area contributed by atoms with Crippen LogP contribution >= 0.6 is 0 Å². The van der Waals surface area contributed by atoms with Crippen molar-refractivity contribution in [2.45, 2.75) is 52.0 Å². The summed E-state index contributed by atoms with van der Waals surface area (Å²) in [5, 5.41) is 5.88. The maximum Gasteiger partial charge on any atom is 0.315 e. The number of morpholine rings is 1. The molecule has 0 aromatic heterocycles. The van der Waals surface area contributed by atoms with E-state index in [0.717, 1.165) is 24.4 Å². The number of carbonyl (C=O) groups is 1. The number of amides is 2. The second kappa shape index (κ2) is 8.54. The number of hydrogen-bond acceptors (Lipinski definition) is 4. The summed E-state index contributed by atoms with van der Waals surface area (Å²) in [5.74, 6) is 0.788. The molecule has 0 bridgehead atoms. The number of methoxy groups -OCH3 is 1. The lowest BCUT2D eigenvalue weighted by Crippen LogP contribution is -2.59. The van der Waals surface area contributed by atoms with E-state index in [9.17, 15) is 4.79 Å². The van der Waals surface area contributed by atoms with Crippen molar-refractivity contribution in [1.29, 1.82) is 0 Å². The van der Waals surface area contributed by atoms with E-state index >= 15 is 0 Å². The van der Waals surface area contributed by atoms with Gasteiger partial charge in [-0.05, 0) is 45.4 Å². The van der Waals surface area contributed by atoms with Crippen LogP contribution in [-0.4, -0.2) is 55.4 Å². The zero-order chi connectivity index (χ0) is 18.4. The largest absolute Gasteiger partial charge is 0.497 e. The summed E-state index contributed by atoms with van der Waals surface area (Å²) in [7, 11) is 1.63. The number of benzene rings is 1. The lowest BCUT2D eigenvalue weighted by atomic mass is 10.00. The van der Waals surface area contributed by atoms with Crippen LogP contribution in [-0.2, 0) is 11.3 Å². The predicted octanol–water partition coefficient (Wildman–Crippen LogP) is 2.38. The minimum Gasteiger partial charge on any atom is -0.497 e. The van der Waals surface area contributed by atoms with Crippen molar-refractivity contribution in [3.63, 3.8) is 0 Å². The fourth-order valence-electron chi connectivity index (χ4n) is 3.11. The molecule has 1 aliphatic heterocycles. The van der Waals surface area contributed by atoms with Crippen LogP contribution in [0.3, 0.4) is 0 Å². The quantitative estimate of drug-likeness (QED) is 0.828. The summed E-state index contributed by atoms with van der Waals surface area (Å²) >= 11 is 0. The normalized spacial score (nSPS) is 21.6. The molecule has 0 unspecified atom stereocenters. The van der Waals surface area contributed by atoms with Crippen molar-refractivity contribution in [1.82, 2.24) is 15.5 Å². The first-order valence-electron chi connectivity index (χ1n) is 8.85. The Hall–Kier alpha value is -1.79. The molecule has 2 N–H and O–H groups in total. The van der Waals surface area contributed by atoms with Gasteiger partial charge in [0.1, 0.15) is 5.75 Å². The number of hydrogen-bond donors (Lipinski definition) is 2. The highest BCUT2D eigenvalue weighted by Gasteiger charge is 2.33. The third-order valence-corrected chi connectivity index (χ3v) is 4.54. The van der Waals surface area contributed by atoms with Crippen molar-refractivity contribution in [3.05, 3.63) is 29.8 Å². The van der Waals surface area contributed by atoms with Crippen molar-refractivity contribution < 1.29 is 14.3 Å². The second-order valence-corrected chi connectivity index (χ2v) is 7.36. The van der Waals surface area contributed by atoms with Gasteiger partial charge in [0.15, 0.2) is 0 Å². The molecule has 1 saturated heterocycles. The molecule has 2 atom stereocenters. The number of rotatable bonds is 6. The van der Waals surface area contributed by atoms with Crippen LogP contribution in [0.15, 0.2) is 24.3 Å². The van der Waals surface area contributed by atoms with Gasteiger partial charge >= 0.3 is 6.03 Å². The van der Waals surface area contributed by atoms with Gasteiger partial charge in [-0.2, -0.15) is 0 Å². The van der Waals surface area contributed by atoms with E-state index in [-0.39, 0.29) is 23.8 Å². The molecule has 6 heteroatoms. The van der Waals surface area contributed by atoms with Gasteiger partial charge in [0.2, 0.25) is 0 Å². The molecule has 0 saturated carbocycles. The highest BCUT2D eigenvalue weighted by molar-refractivity contribution is 5.73. The molecular formula is C19H31N3O3. The monoisotopic (exact) mass is 349 g/mol. The third-order valence-electron chi connectivity index (χ3n) is 4.54. The SMILES string of the molecule is COc1cccc(CNC(=O)NCC(C)(C)N2C[C@@H](C)O[C@@H](C)C2)c1. The highest BCUT2D eigenvalue weighted by Crippen LogP contribution is 2.20. The maximum absolute atomic E-state index is 12.1. The summed E-state index contributed by atoms with van der Waals surface area (Å²) in [6, 6.07) is 7.52. The smallest absolute Gasteiger partial charge is 0.315 e. The second-order valence-electron chi connectivity index (χ2n) is 7.36. The maximum atomic E-state index is 12.1. The van der Waals surface area contributed by atoms with Crippen LogP contribution in [0.1, 0.15) is 33.3 Å². The van der Waals surface area contributed by atoms with Gasteiger partial charge in [-0.15, -0.1) is 0 Å². The number of nitrogens with one attached hydrogen (secondary N) is 2. The molecule has 1 fully saturated rings. The van der Waals surface area contributed by atoms with Crippen LogP contribution in [0, 0.1) is 0 Å². The van der Waals surface area contributed by atoms with Crippen LogP contribution < -0.4 is 15.4 Å². The molecular weight excluding hydrogens is 318 g/mol. The Morgan fingerprint density at radius 1 is 1.28 bits per heavy atom. The third kappa shape index (κ3) is 5.90. The molecule has 1 aromatic rings. The summed E-state index contributed by atoms with van der Waals surface area (Å²) < 4.78 is 11.0. The topological polar surface area (TPSA) is 62.8 Å². The molecule has 140 valence electrons. The summed E-state index contributed by atoms with van der Waals surface area (Å²) in [6.07, 6.45) is 0.426. The first-order valence-corrected chi connectivity index (χ1v) is 8.85. The first-order chi connectivity index (χ1) is 11.8. The number of urea groups is 1. The Morgan fingerprint density at radius 3 is 2.60 bits per heavy atom. The standard InChI is InChI=1S/C19H31N3O3/c1-14-11-22(12-15(2)25-14)19(3,4)13-21-18(23)20-10-16-7-6-8-17(9-16)24-5/h6-9,14-15H,10-13H2,1-5H3,(H2,20,21,23)/t14-,15+. The van der Waals surface area contributed by atoms with Crippen LogP contribution in [0.25, 0.3) is 0 Å². The van der Waals surface area contributed by atoms with Gasteiger partial charge in [0.25, 0.3) is 0 Å². The van der Waals surface area contributed by atoms with E-state index in [4.69, 9.17) is 9.47 Å². The zero-order valence-corrected chi connectivity index (χ0v) is 16.0. The van der Waals surface area contributed by atoms with E-state index in [1.54, 1.807) is 7.11 Å². The van der Waals surface area contributed by atoms with Crippen LogP contribution in [0.4, 0.5) is 4.79 Å². The van der Waals surface area contributed by atoms with Gasteiger partial charge in [-0.25, -0.2) is 4.79 Å². The predicted molar refractivity (Wildman–Crippen MR) is 98.9 cm³/mol. The van der Waals surface area contributed by atoms with E-state index in [1.807, 2.05) is 24.3 Å². The number of carbonyl (C=O) groups excluding carboxylic acids is 1. The van der Waals surface area contributed by atoms with E-state index in [2.05, 4.69) is 43.2 Å². The van der Waals surface area contributed by atoms with Crippen molar-refractivity contribution in [2.24, 2.45) is 0 Å². The molecule has 25 heavy (non-hydrogen) atoms. The van der Waals surface area contributed by atoms with Gasteiger partial charge in [0.05, 0.1) is 19.3 Å². The Balaban J connectivity index is 1.80. The Labute approximate surface area is 150 Å². The Bertz CT molecular complexity index is 567. The van der Waals surface area contributed by atoms with Crippen molar-refractivity contribution >= 4 is 6.03 Å². The zero-order valence-electron chi connectivity index (χ0n) is 16.0. The van der Waals surface area contributed by atoms with Gasteiger partial charge in [-0.3, -0.25) is 4.90 Å². The fraction of sp³-hybridized carbons (Fsp3) is 0.632. The minimum atomic E-state index is -0.162. The minimum absolute atomic E-state index is 0.125. The molecule has 0 aliphatic carbocycles. The van der Waals surface area contributed by atoms with Gasteiger partial charge in [-0.1, -0.05) is 12.1 Å². The Morgan fingerprint density at radius 2 is 1.96 bits per heavy atom. The molecule has 6 nitrogen and oxygen atoms in total. The molecule has 1 heterocycles. The average Bonchev–Trinajstić information content (AvgIpc) is 2.57. The van der Waals surface area contributed by atoms with Crippen molar-refractivity contribution in [2.75, 3.05) is 26.7 Å². The number of nitrogens with zero attached hydrogens (tertiary/aromatic N) is 1. The van der Waals surface area contributed by atoms with Gasteiger partial charge < -0.3 is 20.1 Å². The van der Waals surface area contributed by atoms with Gasteiger partial charge in [0, 0.05) is 31.7 Å².